The Morgan fingerprint density at radius 3 is 2.00 bits per heavy atom. The summed E-state index contributed by atoms with van der Waals surface area (Å²) in [5, 5.41) is 5.21. The van der Waals surface area contributed by atoms with Gasteiger partial charge in [0, 0.05) is 55.9 Å². The van der Waals surface area contributed by atoms with Crippen LogP contribution in [-0.2, 0) is 35.0 Å². The smallest absolute Gasteiger partial charge is 0.253 e. The fourth-order valence-electron chi connectivity index (χ4n) is 4.75. The predicted molar refractivity (Wildman–Crippen MR) is 174 cm³/mol. The summed E-state index contributed by atoms with van der Waals surface area (Å²) in [5.74, 6) is -2.67. The summed E-state index contributed by atoms with van der Waals surface area (Å²) in [6, 6.07) is 8.86. The molecule has 11 nitrogen and oxygen atoms in total. The summed E-state index contributed by atoms with van der Waals surface area (Å²) in [6.45, 7) is 6.99. The minimum Gasteiger partial charge on any atom is -0.379 e. The Balaban J connectivity index is 1.45. The third-order valence-electron chi connectivity index (χ3n) is 7.20. The Hall–Kier alpha value is -4.30. The molecule has 3 N–H and O–H groups in total. The van der Waals surface area contributed by atoms with Gasteiger partial charge in [0.25, 0.3) is 5.91 Å². The van der Waals surface area contributed by atoms with Crippen LogP contribution in [0, 0.1) is 18.6 Å². The zero-order valence-electron chi connectivity index (χ0n) is 27.3. The van der Waals surface area contributed by atoms with Gasteiger partial charge in [-0.2, -0.15) is 0 Å². The zero-order chi connectivity index (χ0) is 34.7. The number of hydrogen-bond donors (Lipinski definition) is 3. The molecule has 1 heterocycles. The SMILES string of the molecule is CC(=O)NCCOCCOCCOCCOCCCc1ccc(C(=O)c2[nH]cc(C(=O)NCCC=O)c2-c2c(F)ccc(F)c2C)cc1. The van der Waals surface area contributed by atoms with E-state index in [1.54, 1.807) is 12.1 Å². The van der Waals surface area contributed by atoms with Crippen molar-refractivity contribution in [3.8, 4) is 11.1 Å². The summed E-state index contributed by atoms with van der Waals surface area (Å²) < 4.78 is 51.5. The van der Waals surface area contributed by atoms with E-state index in [1.165, 1.54) is 20.0 Å². The van der Waals surface area contributed by atoms with E-state index in [9.17, 15) is 23.6 Å². The number of aromatic amines is 1. The highest BCUT2D eigenvalue weighted by Gasteiger charge is 2.27. The van der Waals surface area contributed by atoms with Crippen molar-refractivity contribution < 1.29 is 46.9 Å². The maximum atomic E-state index is 15.1. The Morgan fingerprint density at radius 1 is 0.771 bits per heavy atom. The first-order valence-corrected chi connectivity index (χ1v) is 15.8. The summed E-state index contributed by atoms with van der Waals surface area (Å²) in [6.07, 6.45) is 3.47. The Labute approximate surface area is 278 Å². The van der Waals surface area contributed by atoms with Gasteiger partial charge in [-0.3, -0.25) is 14.4 Å². The first-order valence-electron chi connectivity index (χ1n) is 15.8. The third kappa shape index (κ3) is 12.1. The lowest BCUT2D eigenvalue weighted by Crippen LogP contribution is -2.25. The van der Waals surface area contributed by atoms with Gasteiger partial charge in [0.2, 0.25) is 11.7 Å². The van der Waals surface area contributed by atoms with Gasteiger partial charge in [0.05, 0.1) is 57.5 Å². The van der Waals surface area contributed by atoms with E-state index < -0.39 is 23.3 Å². The van der Waals surface area contributed by atoms with E-state index in [1.807, 2.05) is 12.1 Å². The molecule has 48 heavy (non-hydrogen) atoms. The number of rotatable bonds is 23. The molecule has 0 aliphatic rings. The van der Waals surface area contributed by atoms with Crippen molar-refractivity contribution in [3.05, 3.63) is 82.2 Å². The Kier molecular flexibility index (Phi) is 16.6. The maximum Gasteiger partial charge on any atom is 0.253 e. The molecular formula is C35H43F2N3O8. The highest BCUT2D eigenvalue weighted by Crippen LogP contribution is 2.35. The summed E-state index contributed by atoms with van der Waals surface area (Å²) in [5.41, 5.74) is 0.920. The highest BCUT2D eigenvalue weighted by atomic mass is 19.1. The van der Waals surface area contributed by atoms with Crippen molar-refractivity contribution >= 4 is 23.9 Å². The second kappa shape index (κ2) is 20.8. The largest absolute Gasteiger partial charge is 0.379 e. The van der Waals surface area contributed by atoms with Gasteiger partial charge in [-0.1, -0.05) is 24.3 Å². The van der Waals surface area contributed by atoms with Gasteiger partial charge < -0.3 is 39.4 Å². The number of ketones is 1. The average Bonchev–Trinajstić information content (AvgIpc) is 3.51. The van der Waals surface area contributed by atoms with E-state index in [4.69, 9.17) is 18.9 Å². The molecule has 0 spiro atoms. The first kappa shape index (κ1) is 38.2. The number of amides is 2. The van der Waals surface area contributed by atoms with Gasteiger partial charge in [-0.15, -0.1) is 0 Å². The maximum absolute atomic E-state index is 15.1. The van der Waals surface area contributed by atoms with Crippen LogP contribution < -0.4 is 10.6 Å². The van der Waals surface area contributed by atoms with Crippen molar-refractivity contribution in [3.63, 3.8) is 0 Å². The predicted octanol–water partition coefficient (Wildman–Crippen LogP) is 3.95. The minimum absolute atomic E-state index is 0.0369. The number of carbonyl (C=O) groups is 4. The lowest BCUT2D eigenvalue weighted by Gasteiger charge is -2.13. The topological polar surface area (TPSA) is 145 Å². The first-order chi connectivity index (χ1) is 23.2. The van der Waals surface area contributed by atoms with Crippen LogP contribution in [0.15, 0.2) is 42.6 Å². The van der Waals surface area contributed by atoms with Crippen molar-refractivity contribution in [1.82, 2.24) is 15.6 Å². The van der Waals surface area contributed by atoms with E-state index in [-0.39, 0.29) is 46.8 Å². The number of aromatic nitrogens is 1. The molecule has 0 aliphatic carbocycles. The molecule has 13 heteroatoms. The number of carbonyl (C=O) groups excluding carboxylic acids is 4. The number of H-pyrrole nitrogens is 1. The molecule has 2 aromatic carbocycles. The fraction of sp³-hybridized carbons (Fsp3) is 0.429. The Bertz CT molecular complexity index is 1490. The van der Waals surface area contributed by atoms with E-state index >= 15 is 4.39 Å². The standard InChI is InChI=1S/C35H43F2N3O8/c1-24-29(36)10-11-30(37)31(24)32-28(35(44)39-12-4-14-41)23-40-33(32)34(43)27-8-6-26(7-9-27)5-3-15-45-17-19-47-21-22-48-20-18-46-16-13-38-25(2)42/h6-11,14,23,40H,3-5,12-13,15-22H2,1-2H3,(H,38,42)(H,39,44). The molecule has 0 fully saturated rings. The van der Waals surface area contributed by atoms with Crippen molar-refractivity contribution in [1.29, 1.82) is 0 Å². The van der Waals surface area contributed by atoms with Crippen LogP contribution in [0.1, 0.15) is 57.3 Å². The minimum atomic E-state index is -0.780. The summed E-state index contributed by atoms with van der Waals surface area (Å²) >= 11 is 0. The fourth-order valence-corrected chi connectivity index (χ4v) is 4.75. The van der Waals surface area contributed by atoms with Crippen LogP contribution >= 0.6 is 0 Å². The van der Waals surface area contributed by atoms with Gasteiger partial charge in [-0.25, -0.2) is 8.78 Å². The van der Waals surface area contributed by atoms with E-state index in [2.05, 4.69) is 15.6 Å². The second-order valence-electron chi connectivity index (χ2n) is 10.8. The van der Waals surface area contributed by atoms with Crippen LogP contribution in [0.2, 0.25) is 0 Å². The second-order valence-corrected chi connectivity index (χ2v) is 10.8. The molecular weight excluding hydrogens is 628 g/mol. The molecule has 0 radical (unpaired) electrons. The van der Waals surface area contributed by atoms with Gasteiger partial charge >= 0.3 is 0 Å². The van der Waals surface area contributed by atoms with Crippen LogP contribution in [0.4, 0.5) is 8.78 Å². The van der Waals surface area contributed by atoms with Gasteiger partial charge in [0.15, 0.2) is 0 Å². The van der Waals surface area contributed by atoms with Crippen molar-refractivity contribution in [2.24, 2.45) is 0 Å². The molecule has 0 bridgehead atoms. The molecule has 0 saturated heterocycles. The van der Waals surface area contributed by atoms with Gasteiger partial charge in [-0.05, 0) is 43.0 Å². The number of benzene rings is 2. The quantitative estimate of drug-likeness (QED) is 0.0781. The molecule has 0 unspecified atom stereocenters. The molecule has 3 aromatic rings. The monoisotopic (exact) mass is 671 g/mol. The Morgan fingerprint density at radius 2 is 1.38 bits per heavy atom. The summed E-state index contributed by atoms with van der Waals surface area (Å²) in [7, 11) is 0. The number of aryl methyl sites for hydroxylation is 1. The number of halogens is 2. The molecule has 0 atom stereocenters. The lowest BCUT2D eigenvalue weighted by molar-refractivity contribution is -0.119. The van der Waals surface area contributed by atoms with Crippen LogP contribution in [-0.4, -0.2) is 94.8 Å². The molecule has 260 valence electrons. The van der Waals surface area contributed by atoms with Crippen molar-refractivity contribution in [2.45, 2.75) is 33.1 Å². The van der Waals surface area contributed by atoms with Gasteiger partial charge in [0.1, 0.15) is 17.9 Å². The number of ether oxygens (including phenoxy) is 4. The lowest BCUT2D eigenvalue weighted by atomic mass is 9.92. The third-order valence-corrected chi connectivity index (χ3v) is 7.20. The highest BCUT2D eigenvalue weighted by molar-refractivity contribution is 6.15. The average molecular weight is 672 g/mol. The molecule has 0 saturated carbocycles. The summed E-state index contributed by atoms with van der Waals surface area (Å²) in [4.78, 5) is 50.8. The van der Waals surface area contributed by atoms with E-state index in [0.29, 0.717) is 77.7 Å². The molecule has 1 aromatic heterocycles. The van der Waals surface area contributed by atoms with E-state index in [0.717, 1.165) is 24.1 Å². The van der Waals surface area contributed by atoms with Crippen LogP contribution in [0.5, 0.6) is 0 Å². The number of aldehydes is 1. The number of hydrogen-bond acceptors (Lipinski definition) is 8. The molecule has 3 rings (SSSR count). The van der Waals surface area contributed by atoms with Crippen LogP contribution in [0.3, 0.4) is 0 Å². The number of nitrogens with one attached hydrogen (secondary N) is 3. The normalized spacial score (nSPS) is 11.0. The zero-order valence-corrected chi connectivity index (χ0v) is 27.3. The van der Waals surface area contributed by atoms with Crippen LogP contribution in [0.25, 0.3) is 11.1 Å². The molecule has 2 amide bonds. The molecule has 0 aliphatic heterocycles. The van der Waals surface area contributed by atoms with Crippen molar-refractivity contribution in [2.75, 3.05) is 65.9 Å².